The van der Waals surface area contributed by atoms with Gasteiger partial charge >= 0.3 is 5.97 Å². The number of benzene rings is 2. The predicted octanol–water partition coefficient (Wildman–Crippen LogP) is 7.26. The Morgan fingerprint density at radius 2 is 1.91 bits per heavy atom. The van der Waals surface area contributed by atoms with Crippen molar-refractivity contribution in [3.05, 3.63) is 86.8 Å². The van der Waals surface area contributed by atoms with Crippen LogP contribution in [0.1, 0.15) is 27.7 Å². The fraction of sp³-hybridized carbons (Fsp3) is 0.160. The number of hydrogen-bond donors (Lipinski definition) is 2. The zero-order valence-electron chi connectivity index (χ0n) is 19.0. The van der Waals surface area contributed by atoms with Crippen molar-refractivity contribution in [2.75, 3.05) is 17.2 Å². The number of carbonyl (C=O) groups is 1. The number of halogens is 2. The number of thiocarbonyl (C=S) groups is 1. The molecule has 0 amide bonds. The number of nitrogens with zero attached hydrogens (tertiary/aromatic N) is 2. The Bertz CT molecular complexity index is 1370. The number of esters is 1. The van der Waals surface area contributed by atoms with Crippen molar-refractivity contribution in [3.8, 4) is 11.1 Å². The van der Waals surface area contributed by atoms with Crippen molar-refractivity contribution in [3.63, 3.8) is 0 Å². The molecule has 0 aliphatic carbocycles. The Morgan fingerprint density at radius 1 is 1.14 bits per heavy atom. The number of anilines is 2. The molecule has 10 heteroatoms. The maximum absolute atomic E-state index is 12.9. The van der Waals surface area contributed by atoms with Gasteiger partial charge in [-0.25, -0.2) is 4.79 Å². The van der Waals surface area contributed by atoms with E-state index in [0.717, 1.165) is 21.6 Å². The quantitative estimate of drug-likeness (QED) is 0.188. The molecule has 35 heavy (non-hydrogen) atoms. The third-order valence-electron chi connectivity index (χ3n) is 5.08. The smallest absolute Gasteiger partial charge is 0.341 e. The van der Waals surface area contributed by atoms with Crippen molar-refractivity contribution >= 4 is 68.7 Å². The standard InChI is InChI=1S/C25H22Cl2N4O2S2/c1-3-33-24(32)22-21(16-7-5-4-6-8-16)15(2)35-23(22)29-25(34)28-20-11-12-31(30-20)14-17-9-10-18(26)13-19(17)27/h4-13H,3,14H2,1-2H3,(H2,28,29,30,34). The summed E-state index contributed by atoms with van der Waals surface area (Å²) in [6.45, 7) is 4.52. The summed E-state index contributed by atoms with van der Waals surface area (Å²) in [5, 5.41) is 12.8. The SMILES string of the molecule is CCOC(=O)c1c(NC(=S)Nc2ccn(Cc3ccc(Cl)cc3Cl)n2)sc(C)c1-c1ccccc1. The molecule has 0 aliphatic heterocycles. The third kappa shape index (κ3) is 6.02. The molecule has 4 aromatic rings. The highest BCUT2D eigenvalue weighted by atomic mass is 35.5. The minimum Gasteiger partial charge on any atom is -0.462 e. The second-order valence-electron chi connectivity index (χ2n) is 7.54. The maximum atomic E-state index is 12.9. The normalized spacial score (nSPS) is 10.7. The molecule has 0 spiro atoms. The fourth-order valence-corrected chi connectivity index (χ4v) is 5.38. The lowest BCUT2D eigenvalue weighted by molar-refractivity contribution is 0.0529. The number of thiophene rings is 1. The monoisotopic (exact) mass is 544 g/mol. The highest BCUT2D eigenvalue weighted by Gasteiger charge is 2.25. The Kier molecular flexibility index (Phi) is 8.07. The number of aromatic nitrogens is 2. The van der Waals surface area contributed by atoms with E-state index < -0.39 is 5.97 Å². The Labute approximate surface area is 222 Å². The highest BCUT2D eigenvalue weighted by molar-refractivity contribution is 7.80. The largest absolute Gasteiger partial charge is 0.462 e. The van der Waals surface area contributed by atoms with Gasteiger partial charge in [-0.1, -0.05) is 59.6 Å². The maximum Gasteiger partial charge on any atom is 0.341 e. The molecule has 2 aromatic carbocycles. The minimum absolute atomic E-state index is 0.277. The average molecular weight is 546 g/mol. The fourth-order valence-electron chi connectivity index (χ4n) is 3.57. The van der Waals surface area contributed by atoms with E-state index in [1.54, 1.807) is 29.8 Å². The van der Waals surface area contributed by atoms with Crippen molar-refractivity contribution in [2.24, 2.45) is 0 Å². The van der Waals surface area contributed by atoms with Crippen molar-refractivity contribution in [1.82, 2.24) is 9.78 Å². The van der Waals surface area contributed by atoms with Gasteiger partial charge in [-0.05, 0) is 49.3 Å². The summed E-state index contributed by atoms with van der Waals surface area (Å²) in [5.41, 5.74) is 3.14. The van der Waals surface area contributed by atoms with Crippen LogP contribution in [0.25, 0.3) is 11.1 Å². The summed E-state index contributed by atoms with van der Waals surface area (Å²) in [6, 6.07) is 16.9. The van der Waals surface area contributed by atoms with E-state index in [1.165, 1.54) is 11.3 Å². The first-order chi connectivity index (χ1) is 16.9. The van der Waals surface area contributed by atoms with E-state index in [2.05, 4.69) is 15.7 Å². The van der Waals surface area contributed by atoms with Crippen molar-refractivity contribution in [2.45, 2.75) is 20.4 Å². The second kappa shape index (κ2) is 11.2. The minimum atomic E-state index is -0.398. The first-order valence-electron chi connectivity index (χ1n) is 10.8. The summed E-state index contributed by atoms with van der Waals surface area (Å²) >= 11 is 19.2. The van der Waals surface area contributed by atoms with Crippen LogP contribution in [-0.2, 0) is 11.3 Å². The van der Waals surface area contributed by atoms with Gasteiger partial charge in [0.2, 0.25) is 0 Å². The molecule has 0 atom stereocenters. The summed E-state index contributed by atoms with van der Waals surface area (Å²) in [4.78, 5) is 13.9. The van der Waals surface area contributed by atoms with Crippen LogP contribution in [0.2, 0.25) is 10.0 Å². The summed E-state index contributed by atoms with van der Waals surface area (Å²) in [7, 11) is 0. The molecule has 0 saturated heterocycles. The molecule has 0 unspecified atom stereocenters. The molecule has 2 heterocycles. The molecule has 0 aliphatic rings. The van der Waals surface area contributed by atoms with Crippen LogP contribution in [0.3, 0.4) is 0 Å². The molecule has 2 aromatic heterocycles. The van der Waals surface area contributed by atoms with Gasteiger partial charge in [0.1, 0.15) is 10.6 Å². The lowest BCUT2D eigenvalue weighted by Gasteiger charge is -2.11. The van der Waals surface area contributed by atoms with Crippen molar-refractivity contribution < 1.29 is 9.53 Å². The van der Waals surface area contributed by atoms with Crippen LogP contribution in [0, 0.1) is 6.92 Å². The van der Waals surface area contributed by atoms with Gasteiger partial charge in [0.05, 0.1) is 13.2 Å². The number of aryl methyl sites for hydroxylation is 1. The highest BCUT2D eigenvalue weighted by Crippen LogP contribution is 2.40. The van der Waals surface area contributed by atoms with Crippen LogP contribution in [-0.4, -0.2) is 27.5 Å². The number of rotatable bonds is 7. The molecule has 4 rings (SSSR count). The Morgan fingerprint density at radius 3 is 2.63 bits per heavy atom. The molecular formula is C25H22Cl2N4O2S2. The van der Waals surface area contributed by atoms with Crippen LogP contribution in [0.15, 0.2) is 60.8 Å². The molecule has 0 bridgehead atoms. The van der Waals surface area contributed by atoms with Gasteiger partial charge in [-0.2, -0.15) is 5.10 Å². The van der Waals surface area contributed by atoms with E-state index in [1.807, 2.05) is 49.5 Å². The van der Waals surface area contributed by atoms with Gasteiger partial charge in [0.15, 0.2) is 10.9 Å². The van der Waals surface area contributed by atoms with Gasteiger partial charge in [-0.15, -0.1) is 11.3 Å². The third-order valence-corrected chi connectivity index (χ3v) is 6.89. The van der Waals surface area contributed by atoms with Gasteiger partial charge < -0.3 is 15.4 Å². The molecule has 0 radical (unpaired) electrons. The van der Waals surface area contributed by atoms with E-state index in [-0.39, 0.29) is 6.61 Å². The van der Waals surface area contributed by atoms with Crippen LogP contribution >= 0.6 is 46.8 Å². The number of nitrogens with one attached hydrogen (secondary N) is 2. The molecule has 0 fully saturated rings. The summed E-state index contributed by atoms with van der Waals surface area (Å²) < 4.78 is 7.09. The Balaban J connectivity index is 1.52. The van der Waals surface area contributed by atoms with Gasteiger partial charge in [0, 0.05) is 32.7 Å². The lowest BCUT2D eigenvalue weighted by atomic mass is 10.0. The summed E-state index contributed by atoms with van der Waals surface area (Å²) in [6.07, 6.45) is 1.82. The van der Waals surface area contributed by atoms with E-state index in [9.17, 15) is 4.79 Å². The zero-order valence-corrected chi connectivity index (χ0v) is 22.1. The van der Waals surface area contributed by atoms with Crippen LogP contribution < -0.4 is 10.6 Å². The first kappa shape index (κ1) is 25.2. The first-order valence-corrected chi connectivity index (χ1v) is 12.7. The average Bonchev–Trinajstić information content (AvgIpc) is 3.39. The lowest BCUT2D eigenvalue weighted by Crippen LogP contribution is -2.20. The predicted molar refractivity (Wildman–Crippen MR) is 148 cm³/mol. The zero-order chi connectivity index (χ0) is 24.9. The number of hydrogen-bond acceptors (Lipinski definition) is 5. The molecule has 2 N–H and O–H groups in total. The van der Waals surface area contributed by atoms with E-state index in [0.29, 0.717) is 38.1 Å². The van der Waals surface area contributed by atoms with Crippen LogP contribution in [0.4, 0.5) is 10.8 Å². The van der Waals surface area contributed by atoms with Gasteiger partial charge in [-0.3, -0.25) is 4.68 Å². The number of carbonyl (C=O) groups excluding carboxylic acids is 1. The molecule has 0 saturated carbocycles. The van der Waals surface area contributed by atoms with Crippen molar-refractivity contribution in [1.29, 1.82) is 0 Å². The molecular weight excluding hydrogens is 523 g/mol. The molecule has 180 valence electrons. The van der Waals surface area contributed by atoms with E-state index in [4.69, 9.17) is 40.2 Å². The van der Waals surface area contributed by atoms with Crippen LogP contribution in [0.5, 0.6) is 0 Å². The Hall–Kier alpha value is -2.91. The topological polar surface area (TPSA) is 68.2 Å². The summed E-state index contributed by atoms with van der Waals surface area (Å²) in [5.74, 6) is 0.159. The van der Waals surface area contributed by atoms with E-state index >= 15 is 0 Å². The second-order valence-corrected chi connectivity index (χ2v) is 10.0. The molecule has 6 nitrogen and oxygen atoms in total. The number of ether oxygens (including phenoxy) is 1. The van der Waals surface area contributed by atoms with Gasteiger partial charge in [0.25, 0.3) is 0 Å².